The molecule has 0 spiro atoms. The molecule has 1 aromatic carbocycles. The average Bonchev–Trinajstić information content (AvgIpc) is 2.68. The summed E-state index contributed by atoms with van der Waals surface area (Å²) in [5, 5.41) is 20.2. The molecule has 9 heteroatoms. The second kappa shape index (κ2) is 6.42. The number of hydrogen-bond acceptors (Lipinski definition) is 6. The number of rotatable bonds is 5. The van der Waals surface area contributed by atoms with E-state index in [0.717, 1.165) is 11.8 Å². The van der Waals surface area contributed by atoms with Crippen LogP contribution in [0, 0.1) is 17.0 Å². The summed E-state index contributed by atoms with van der Waals surface area (Å²) in [7, 11) is 0. The van der Waals surface area contributed by atoms with E-state index in [9.17, 15) is 14.9 Å². The minimum absolute atomic E-state index is 0.0583. The van der Waals surface area contributed by atoms with Crippen molar-refractivity contribution in [3.8, 4) is 0 Å². The van der Waals surface area contributed by atoms with Crippen molar-refractivity contribution in [2.45, 2.75) is 22.6 Å². The minimum atomic E-state index is -0.938. The van der Waals surface area contributed by atoms with Gasteiger partial charge in [0.05, 0.1) is 21.9 Å². The van der Waals surface area contributed by atoms with Gasteiger partial charge >= 0.3 is 5.97 Å². The van der Waals surface area contributed by atoms with E-state index in [1.54, 1.807) is 6.92 Å². The van der Waals surface area contributed by atoms with Crippen LogP contribution in [0.3, 0.4) is 0 Å². The van der Waals surface area contributed by atoms with Crippen LogP contribution in [0.4, 0.5) is 5.69 Å². The third kappa shape index (κ3) is 3.93. The van der Waals surface area contributed by atoms with Gasteiger partial charge in [0.1, 0.15) is 0 Å². The highest BCUT2D eigenvalue weighted by Gasteiger charge is 2.18. The zero-order valence-corrected chi connectivity index (χ0v) is 13.1. The van der Waals surface area contributed by atoms with E-state index < -0.39 is 10.9 Å². The lowest BCUT2D eigenvalue weighted by molar-refractivity contribution is -0.387. The Morgan fingerprint density at radius 1 is 1.57 bits per heavy atom. The van der Waals surface area contributed by atoms with Gasteiger partial charge in [-0.25, -0.2) is 4.98 Å². The average molecular weight is 345 g/mol. The number of aromatic nitrogens is 1. The fourth-order valence-corrected chi connectivity index (χ4v) is 4.12. The highest BCUT2D eigenvalue weighted by molar-refractivity contribution is 8.01. The van der Waals surface area contributed by atoms with Crippen LogP contribution in [-0.4, -0.2) is 21.0 Å². The van der Waals surface area contributed by atoms with Gasteiger partial charge in [0.25, 0.3) is 5.69 Å². The topological polar surface area (TPSA) is 93.3 Å². The van der Waals surface area contributed by atoms with E-state index in [-0.39, 0.29) is 12.1 Å². The lowest BCUT2D eigenvalue weighted by atomic mass is 10.3. The Labute approximate surface area is 132 Å². The van der Waals surface area contributed by atoms with Crippen LogP contribution in [-0.2, 0) is 11.2 Å². The number of thiazole rings is 1. The molecule has 0 bridgehead atoms. The van der Waals surface area contributed by atoms with Crippen LogP contribution in [0.5, 0.6) is 0 Å². The Kier molecular flexibility index (Phi) is 4.81. The number of carboxylic acid groups (broad SMARTS) is 1. The van der Waals surface area contributed by atoms with Crippen molar-refractivity contribution in [2.75, 3.05) is 0 Å². The molecular weight excluding hydrogens is 336 g/mol. The first-order chi connectivity index (χ1) is 9.86. The maximum absolute atomic E-state index is 11.0. The summed E-state index contributed by atoms with van der Waals surface area (Å²) < 4.78 is 0.550. The number of benzene rings is 1. The summed E-state index contributed by atoms with van der Waals surface area (Å²) in [5.74, 6) is -0.938. The number of aliphatic carboxylic acids is 1. The second-order valence-electron chi connectivity index (χ2n) is 4.03. The summed E-state index contributed by atoms with van der Waals surface area (Å²) in [4.78, 5) is 26.5. The number of hydrogen-bond donors (Lipinski definition) is 1. The molecule has 6 nitrogen and oxygen atoms in total. The molecule has 0 saturated carbocycles. The lowest BCUT2D eigenvalue weighted by Crippen LogP contribution is -1.99. The van der Waals surface area contributed by atoms with Gasteiger partial charge < -0.3 is 5.11 Å². The summed E-state index contributed by atoms with van der Waals surface area (Å²) in [6.07, 6.45) is -0.109. The van der Waals surface area contributed by atoms with E-state index in [4.69, 9.17) is 16.7 Å². The van der Waals surface area contributed by atoms with E-state index in [2.05, 4.69) is 4.98 Å². The molecule has 0 radical (unpaired) electrons. The smallest absolute Gasteiger partial charge is 0.308 e. The Balaban J connectivity index is 2.32. The van der Waals surface area contributed by atoms with Gasteiger partial charge in [-0.1, -0.05) is 23.4 Å². The summed E-state index contributed by atoms with van der Waals surface area (Å²) in [5.41, 5.74) is 0.562. The molecule has 0 unspecified atom stereocenters. The first-order valence-electron chi connectivity index (χ1n) is 5.66. The van der Waals surface area contributed by atoms with E-state index in [0.29, 0.717) is 24.8 Å². The summed E-state index contributed by atoms with van der Waals surface area (Å²) in [6, 6.07) is 4.29. The second-order valence-corrected chi connectivity index (χ2v) is 6.84. The third-order valence-electron chi connectivity index (χ3n) is 2.50. The molecule has 2 rings (SSSR count). The maximum atomic E-state index is 11.0. The molecule has 2 aromatic rings. The Bertz CT molecular complexity index is 717. The third-order valence-corrected chi connectivity index (χ3v) is 5.00. The maximum Gasteiger partial charge on any atom is 0.308 e. The van der Waals surface area contributed by atoms with Crippen molar-refractivity contribution in [2.24, 2.45) is 0 Å². The number of nitrogens with zero attached hydrogens (tertiary/aromatic N) is 2. The molecule has 1 N–H and O–H groups in total. The number of carboxylic acids is 1. The van der Waals surface area contributed by atoms with Crippen LogP contribution in [0.2, 0.25) is 5.02 Å². The zero-order valence-electron chi connectivity index (χ0n) is 10.7. The molecule has 0 aliphatic carbocycles. The zero-order chi connectivity index (χ0) is 15.6. The predicted molar refractivity (Wildman–Crippen MR) is 80.4 cm³/mol. The van der Waals surface area contributed by atoms with Crippen molar-refractivity contribution < 1.29 is 14.8 Å². The fraction of sp³-hybridized carbons (Fsp3) is 0.167. The van der Waals surface area contributed by atoms with Crippen LogP contribution in [0.25, 0.3) is 0 Å². The Hall–Kier alpha value is -1.64. The number of nitro groups is 1. The van der Waals surface area contributed by atoms with Gasteiger partial charge in [-0.15, -0.1) is 11.3 Å². The molecule has 110 valence electrons. The molecule has 0 amide bonds. The summed E-state index contributed by atoms with van der Waals surface area (Å²) >= 11 is 8.18. The molecular formula is C12H9ClN2O4S2. The van der Waals surface area contributed by atoms with Gasteiger partial charge in [0.2, 0.25) is 0 Å². The minimum Gasteiger partial charge on any atom is -0.481 e. The molecule has 0 atom stereocenters. The molecule has 0 aliphatic rings. The number of aryl methyl sites for hydroxylation is 1. The van der Waals surface area contributed by atoms with Gasteiger partial charge in [-0.3, -0.25) is 14.9 Å². The van der Waals surface area contributed by atoms with Gasteiger partial charge in [0, 0.05) is 16.0 Å². The summed E-state index contributed by atoms with van der Waals surface area (Å²) in [6.45, 7) is 1.71. The van der Waals surface area contributed by atoms with Crippen molar-refractivity contribution in [1.82, 2.24) is 4.98 Å². The first-order valence-corrected chi connectivity index (χ1v) is 7.68. The monoisotopic (exact) mass is 344 g/mol. The molecule has 1 heterocycles. The van der Waals surface area contributed by atoms with Crippen molar-refractivity contribution >= 4 is 46.4 Å². The van der Waals surface area contributed by atoms with E-state index in [1.807, 2.05) is 0 Å². The fourth-order valence-electron chi connectivity index (χ4n) is 1.56. The number of carbonyl (C=O) groups is 1. The predicted octanol–water partition coefficient (Wildman–Crippen LogP) is 3.79. The Morgan fingerprint density at radius 3 is 2.90 bits per heavy atom. The van der Waals surface area contributed by atoms with Crippen molar-refractivity contribution in [3.63, 3.8) is 0 Å². The first kappa shape index (κ1) is 15.7. The SMILES string of the molecule is Cc1nc(Sc2cc(Cl)ccc2[N+](=O)[O-])sc1CC(=O)O. The highest BCUT2D eigenvalue weighted by atomic mass is 35.5. The van der Waals surface area contributed by atoms with E-state index >= 15 is 0 Å². The van der Waals surface area contributed by atoms with Crippen molar-refractivity contribution in [1.29, 1.82) is 0 Å². The Morgan fingerprint density at radius 2 is 2.29 bits per heavy atom. The van der Waals surface area contributed by atoms with Crippen LogP contribution < -0.4 is 0 Å². The standard InChI is InChI=1S/C12H9ClN2O4S2/c1-6-9(5-11(16)17)20-12(14-6)21-10-4-7(13)2-3-8(10)15(18)19/h2-4H,5H2,1H3,(H,16,17). The van der Waals surface area contributed by atoms with Crippen molar-refractivity contribution in [3.05, 3.63) is 43.9 Å². The van der Waals surface area contributed by atoms with Gasteiger partial charge in [-0.05, 0) is 19.1 Å². The molecule has 21 heavy (non-hydrogen) atoms. The highest BCUT2D eigenvalue weighted by Crippen LogP contribution is 2.39. The number of halogens is 1. The quantitative estimate of drug-likeness (QED) is 0.655. The molecule has 1 aromatic heterocycles. The number of nitro benzene ring substituents is 1. The van der Waals surface area contributed by atoms with E-state index in [1.165, 1.54) is 29.5 Å². The van der Waals surface area contributed by atoms with Crippen LogP contribution in [0.15, 0.2) is 27.4 Å². The molecule has 0 saturated heterocycles. The van der Waals surface area contributed by atoms with Crippen LogP contribution in [0.1, 0.15) is 10.6 Å². The normalized spacial score (nSPS) is 10.6. The van der Waals surface area contributed by atoms with Gasteiger partial charge in [-0.2, -0.15) is 0 Å². The largest absolute Gasteiger partial charge is 0.481 e. The van der Waals surface area contributed by atoms with Crippen LogP contribution >= 0.6 is 34.7 Å². The molecule has 0 aliphatic heterocycles. The lowest BCUT2D eigenvalue weighted by Gasteiger charge is -2.00. The van der Waals surface area contributed by atoms with Gasteiger partial charge in [0.15, 0.2) is 4.34 Å². The molecule has 0 fully saturated rings.